The van der Waals surface area contributed by atoms with Crippen LogP contribution >= 0.6 is 0 Å². The molecule has 2 heterocycles. The zero-order chi connectivity index (χ0) is 35.6. The molecule has 0 atom stereocenters. The number of aromatic nitrogens is 1. The lowest BCUT2D eigenvalue weighted by Gasteiger charge is -2.22. The van der Waals surface area contributed by atoms with Crippen LogP contribution in [0.5, 0.6) is 0 Å². The van der Waals surface area contributed by atoms with Crippen LogP contribution in [0.3, 0.4) is 0 Å². The van der Waals surface area contributed by atoms with Gasteiger partial charge in [0.1, 0.15) is 6.54 Å². The third-order valence-corrected chi connectivity index (χ3v) is 8.59. The second-order valence-electron chi connectivity index (χ2n) is 12.0. The molecule has 266 valence electrons. The molecule has 1 aliphatic rings. The van der Waals surface area contributed by atoms with Crippen LogP contribution in [0.25, 0.3) is 23.8 Å². The summed E-state index contributed by atoms with van der Waals surface area (Å²) in [6.07, 6.45) is 18.3. The second-order valence-corrected chi connectivity index (χ2v) is 12.0. The first-order valence-electron chi connectivity index (χ1n) is 19.7. The van der Waals surface area contributed by atoms with Crippen LogP contribution in [0.1, 0.15) is 150 Å². The fourth-order valence-electron chi connectivity index (χ4n) is 5.99. The van der Waals surface area contributed by atoms with Crippen LogP contribution in [0.4, 0.5) is 11.4 Å². The number of rotatable bonds is 15. The third kappa shape index (κ3) is 14.4. The van der Waals surface area contributed by atoms with Crippen LogP contribution in [0.15, 0.2) is 66.7 Å². The zero-order valence-corrected chi connectivity index (χ0v) is 32.8. The molecule has 0 saturated carbocycles. The van der Waals surface area contributed by atoms with Gasteiger partial charge in [-0.15, -0.1) is 0 Å². The number of hydrogen-bond acceptors (Lipinski definition) is 2. The maximum Gasteiger partial charge on any atom is 0.205 e. The number of allylic oxidation sites excluding steroid dienone is 1. The zero-order valence-electron chi connectivity index (χ0n) is 32.8. The summed E-state index contributed by atoms with van der Waals surface area (Å²) in [7, 11) is 0. The van der Waals surface area contributed by atoms with E-state index in [0.29, 0.717) is 0 Å². The van der Waals surface area contributed by atoms with Gasteiger partial charge in [0.15, 0.2) is 0 Å². The largest absolute Gasteiger partial charge is 0.372 e. The highest BCUT2D eigenvalue weighted by Crippen LogP contribution is 2.26. The van der Waals surface area contributed by atoms with Crippen molar-refractivity contribution in [2.45, 2.75) is 134 Å². The molecule has 3 heteroatoms. The summed E-state index contributed by atoms with van der Waals surface area (Å²) in [6.45, 7) is 26.9. The van der Waals surface area contributed by atoms with Crippen molar-refractivity contribution in [3.63, 3.8) is 0 Å². The molecule has 1 aliphatic heterocycles. The Balaban J connectivity index is 0.00000115. The van der Waals surface area contributed by atoms with Crippen molar-refractivity contribution < 1.29 is 4.57 Å². The van der Waals surface area contributed by atoms with E-state index in [-0.39, 0.29) is 0 Å². The highest BCUT2D eigenvalue weighted by atomic mass is 15.1. The first kappa shape index (κ1) is 42.7. The summed E-state index contributed by atoms with van der Waals surface area (Å²) >= 11 is 0. The monoisotopic (exact) mass is 655 g/mol. The van der Waals surface area contributed by atoms with Gasteiger partial charge in [0.2, 0.25) is 11.4 Å². The van der Waals surface area contributed by atoms with Crippen LogP contribution in [0, 0.1) is 0 Å². The molecule has 0 radical (unpaired) electrons. The van der Waals surface area contributed by atoms with Gasteiger partial charge in [0.25, 0.3) is 0 Å². The van der Waals surface area contributed by atoms with Gasteiger partial charge in [0, 0.05) is 61.8 Å². The summed E-state index contributed by atoms with van der Waals surface area (Å²) in [5, 5.41) is 0. The Morgan fingerprint density at radius 1 is 0.688 bits per heavy atom. The van der Waals surface area contributed by atoms with E-state index in [2.05, 4.69) is 141 Å². The van der Waals surface area contributed by atoms with Crippen molar-refractivity contribution in [2.75, 3.05) is 36.0 Å². The average molecular weight is 655 g/mol. The quantitative estimate of drug-likeness (QED) is 0.151. The first-order chi connectivity index (χ1) is 23.6. The van der Waals surface area contributed by atoms with Crippen molar-refractivity contribution in [1.29, 1.82) is 0 Å². The van der Waals surface area contributed by atoms with E-state index in [9.17, 15) is 0 Å². The van der Waals surface area contributed by atoms with Gasteiger partial charge in [-0.25, -0.2) is 0 Å². The van der Waals surface area contributed by atoms with Crippen molar-refractivity contribution in [3.8, 4) is 0 Å². The van der Waals surface area contributed by atoms with Crippen molar-refractivity contribution in [3.05, 3.63) is 89.2 Å². The minimum Gasteiger partial charge on any atom is -0.372 e. The third-order valence-electron chi connectivity index (χ3n) is 8.59. The topological polar surface area (TPSA) is 10.4 Å². The number of unbranched alkanes of at least 4 members (excludes halogenated alkanes) is 3. The van der Waals surface area contributed by atoms with Crippen molar-refractivity contribution in [1.82, 2.24) is 0 Å². The van der Waals surface area contributed by atoms with Gasteiger partial charge in [-0.1, -0.05) is 105 Å². The maximum absolute atomic E-state index is 2.49. The molecular formula is C45H72N3+. The molecule has 0 spiro atoms. The molecular weight excluding hydrogens is 583 g/mol. The fraction of sp³-hybridized carbons (Fsp3) is 0.533. The Bertz CT molecular complexity index is 1260. The standard InChI is InChI=1S/C36H48N3.C5H12.2C2H6/c1-5-9-13-32(31-19-24-33(25-20-31)37(7-3)26-6-2)29-36-15-12-14-35(39(36)8-4)23-18-30-16-21-34(22-17-30)38-27-10-11-28-38;1-3-5-4-2;2*1-2/h12,14-25,29H,5-11,13,26-28H2,1-4H3;3-5H2,1-2H3;2*1-2H3/q+1;;;. The molecule has 2 aromatic carbocycles. The minimum absolute atomic E-state index is 0.933. The van der Waals surface area contributed by atoms with Gasteiger partial charge in [-0.2, -0.15) is 4.57 Å². The Morgan fingerprint density at radius 3 is 1.81 bits per heavy atom. The molecule has 0 N–H and O–H groups in total. The molecule has 3 nitrogen and oxygen atoms in total. The Morgan fingerprint density at radius 2 is 1.29 bits per heavy atom. The van der Waals surface area contributed by atoms with Crippen molar-refractivity contribution >= 4 is 35.2 Å². The summed E-state index contributed by atoms with van der Waals surface area (Å²) in [6, 6.07) is 25.0. The predicted molar refractivity (Wildman–Crippen MR) is 219 cm³/mol. The first-order valence-corrected chi connectivity index (χ1v) is 19.7. The van der Waals surface area contributed by atoms with E-state index in [1.807, 2.05) is 27.7 Å². The lowest BCUT2D eigenvalue weighted by atomic mass is 9.98. The van der Waals surface area contributed by atoms with E-state index in [4.69, 9.17) is 0 Å². The minimum atomic E-state index is 0.933. The highest BCUT2D eigenvalue weighted by molar-refractivity contribution is 5.80. The second kappa shape index (κ2) is 26.6. The van der Waals surface area contributed by atoms with Gasteiger partial charge in [-0.3, -0.25) is 0 Å². The van der Waals surface area contributed by atoms with E-state index in [1.165, 1.54) is 104 Å². The lowest BCUT2D eigenvalue weighted by molar-refractivity contribution is -0.696. The maximum atomic E-state index is 2.49. The summed E-state index contributed by atoms with van der Waals surface area (Å²) < 4.78 is 2.43. The number of pyridine rings is 1. The van der Waals surface area contributed by atoms with Crippen LogP contribution in [-0.2, 0) is 6.54 Å². The SMILES string of the molecule is CC.CC.CCCC/C(=C\c1cccc(/C=C/c2ccc(N3CCCC3)cc2)[n+]1CC)c1ccc(N(CC)CCC)cc1.CCCCC. The normalized spacial score (nSPS) is 12.5. The van der Waals surface area contributed by atoms with Crippen LogP contribution in [0.2, 0.25) is 0 Å². The molecule has 3 aromatic rings. The van der Waals surface area contributed by atoms with Gasteiger partial charge < -0.3 is 9.80 Å². The molecule has 48 heavy (non-hydrogen) atoms. The summed E-state index contributed by atoms with van der Waals surface area (Å²) in [5.41, 5.74) is 9.17. The van der Waals surface area contributed by atoms with Gasteiger partial charge in [0.05, 0.1) is 0 Å². The molecule has 0 bridgehead atoms. The number of benzene rings is 2. The predicted octanol–water partition coefficient (Wildman–Crippen LogP) is 13.0. The van der Waals surface area contributed by atoms with E-state index < -0.39 is 0 Å². The van der Waals surface area contributed by atoms with Crippen LogP contribution < -0.4 is 14.4 Å². The Hall–Kier alpha value is -3.33. The molecule has 4 rings (SSSR count). The molecule has 1 fully saturated rings. The Labute approximate surface area is 297 Å². The Kier molecular flexibility index (Phi) is 23.7. The molecule has 0 amide bonds. The fourth-order valence-corrected chi connectivity index (χ4v) is 5.99. The summed E-state index contributed by atoms with van der Waals surface area (Å²) in [5.74, 6) is 0. The van der Waals surface area contributed by atoms with Crippen LogP contribution in [-0.4, -0.2) is 26.2 Å². The average Bonchev–Trinajstić information content (AvgIpc) is 3.69. The molecule has 1 saturated heterocycles. The number of nitrogens with zero attached hydrogens (tertiary/aromatic N) is 3. The number of hydrogen-bond donors (Lipinski definition) is 0. The van der Waals surface area contributed by atoms with Crippen molar-refractivity contribution in [2.24, 2.45) is 0 Å². The molecule has 0 aliphatic carbocycles. The lowest BCUT2D eigenvalue weighted by Crippen LogP contribution is -2.39. The van der Waals surface area contributed by atoms with Gasteiger partial charge >= 0.3 is 0 Å². The highest BCUT2D eigenvalue weighted by Gasteiger charge is 2.14. The summed E-state index contributed by atoms with van der Waals surface area (Å²) in [4.78, 5) is 4.95. The van der Waals surface area contributed by atoms with E-state index in [1.54, 1.807) is 0 Å². The smallest absolute Gasteiger partial charge is 0.205 e. The van der Waals surface area contributed by atoms with E-state index in [0.717, 1.165) is 26.1 Å². The number of anilines is 2. The van der Waals surface area contributed by atoms with E-state index >= 15 is 0 Å². The molecule has 0 unspecified atom stereocenters. The van der Waals surface area contributed by atoms with Gasteiger partial charge in [-0.05, 0) is 99.1 Å². The molecule has 1 aromatic heterocycles.